The molecule has 5 nitrogen and oxygen atoms in total. The Bertz CT molecular complexity index is 413. The molecule has 0 radical (unpaired) electrons. The third-order valence-electron chi connectivity index (χ3n) is 3.53. The number of hydrogen-bond acceptors (Lipinski definition) is 3. The standard InChI is InChI=1S/C13H22N4O.ClH/c1-11-8-16-17(9-11)7-6-15-12(18)13(2)4-3-5-14-10-13;/h8-9,14H,3-7,10H2,1-2H3,(H,15,18);1H. The van der Waals surface area contributed by atoms with Crippen molar-refractivity contribution in [3.8, 4) is 0 Å². The van der Waals surface area contributed by atoms with E-state index in [1.807, 2.05) is 30.9 Å². The van der Waals surface area contributed by atoms with Crippen molar-refractivity contribution in [2.75, 3.05) is 19.6 Å². The zero-order chi connectivity index (χ0) is 13.0. The predicted octanol–water partition coefficient (Wildman–Crippen LogP) is 1.12. The molecule has 0 aliphatic carbocycles. The summed E-state index contributed by atoms with van der Waals surface area (Å²) in [6, 6.07) is 0. The number of nitrogens with one attached hydrogen (secondary N) is 2. The molecule has 0 bridgehead atoms. The third kappa shape index (κ3) is 4.21. The maximum Gasteiger partial charge on any atom is 0.227 e. The molecule has 2 rings (SSSR count). The summed E-state index contributed by atoms with van der Waals surface area (Å²) in [4.78, 5) is 12.1. The van der Waals surface area contributed by atoms with Gasteiger partial charge in [-0.2, -0.15) is 5.10 Å². The van der Waals surface area contributed by atoms with Crippen molar-refractivity contribution in [1.29, 1.82) is 0 Å². The smallest absolute Gasteiger partial charge is 0.227 e. The quantitative estimate of drug-likeness (QED) is 0.872. The summed E-state index contributed by atoms with van der Waals surface area (Å²) in [5.74, 6) is 0.151. The number of aryl methyl sites for hydroxylation is 1. The van der Waals surface area contributed by atoms with E-state index in [-0.39, 0.29) is 23.7 Å². The second kappa shape index (κ2) is 6.91. The molecule has 19 heavy (non-hydrogen) atoms. The minimum absolute atomic E-state index is 0. The molecule has 108 valence electrons. The van der Waals surface area contributed by atoms with Crippen LogP contribution in [0.2, 0.25) is 0 Å². The molecule has 1 fully saturated rings. The highest BCUT2D eigenvalue weighted by Crippen LogP contribution is 2.25. The van der Waals surface area contributed by atoms with Gasteiger partial charge in [-0.25, -0.2) is 0 Å². The molecule has 0 aromatic carbocycles. The SMILES string of the molecule is Cc1cnn(CCNC(=O)C2(C)CCCNC2)c1.Cl. The van der Waals surface area contributed by atoms with Crippen LogP contribution in [-0.4, -0.2) is 35.3 Å². The summed E-state index contributed by atoms with van der Waals surface area (Å²) < 4.78 is 1.86. The van der Waals surface area contributed by atoms with E-state index in [1.54, 1.807) is 0 Å². The van der Waals surface area contributed by atoms with Crippen LogP contribution >= 0.6 is 12.4 Å². The van der Waals surface area contributed by atoms with Crippen LogP contribution in [0, 0.1) is 12.3 Å². The van der Waals surface area contributed by atoms with E-state index in [1.165, 1.54) is 0 Å². The first kappa shape index (κ1) is 16.0. The summed E-state index contributed by atoms with van der Waals surface area (Å²) in [7, 11) is 0. The molecule has 2 N–H and O–H groups in total. The topological polar surface area (TPSA) is 59.0 Å². The lowest BCUT2D eigenvalue weighted by molar-refractivity contribution is -0.131. The van der Waals surface area contributed by atoms with Crippen molar-refractivity contribution in [3.05, 3.63) is 18.0 Å². The van der Waals surface area contributed by atoms with Gasteiger partial charge in [0.15, 0.2) is 0 Å². The molecule has 1 unspecified atom stereocenters. The normalized spacial score (nSPS) is 22.6. The molecule has 1 amide bonds. The van der Waals surface area contributed by atoms with E-state index in [0.717, 1.165) is 38.0 Å². The number of hydrogen-bond donors (Lipinski definition) is 2. The van der Waals surface area contributed by atoms with Gasteiger partial charge >= 0.3 is 0 Å². The maximum absolute atomic E-state index is 12.1. The number of amides is 1. The molecule has 1 atom stereocenters. The lowest BCUT2D eigenvalue weighted by Crippen LogP contribution is -2.49. The van der Waals surface area contributed by atoms with Crippen LogP contribution in [0.4, 0.5) is 0 Å². The van der Waals surface area contributed by atoms with E-state index in [4.69, 9.17) is 0 Å². The van der Waals surface area contributed by atoms with Crippen molar-refractivity contribution >= 4 is 18.3 Å². The van der Waals surface area contributed by atoms with E-state index in [2.05, 4.69) is 15.7 Å². The maximum atomic E-state index is 12.1. The van der Waals surface area contributed by atoms with Gasteiger partial charge in [0.25, 0.3) is 0 Å². The van der Waals surface area contributed by atoms with Crippen LogP contribution in [0.5, 0.6) is 0 Å². The fourth-order valence-electron chi connectivity index (χ4n) is 2.34. The molecule has 1 aliphatic rings. The van der Waals surface area contributed by atoms with Crippen LogP contribution in [0.25, 0.3) is 0 Å². The Balaban J connectivity index is 0.00000180. The zero-order valence-electron chi connectivity index (χ0n) is 11.6. The highest BCUT2D eigenvalue weighted by molar-refractivity contribution is 5.85. The highest BCUT2D eigenvalue weighted by Gasteiger charge is 2.34. The van der Waals surface area contributed by atoms with Crippen LogP contribution in [0.15, 0.2) is 12.4 Å². The van der Waals surface area contributed by atoms with Crippen molar-refractivity contribution in [1.82, 2.24) is 20.4 Å². The first-order valence-electron chi connectivity index (χ1n) is 6.58. The summed E-state index contributed by atoms with van der Waals surface area (Å²) in [5.41, 5.74) is 0.892. The fourth-order valence-corrected chi connectivity index (χ4v) is 2.34. The Kier molecular flexibility index (Phi) is 5.82. The monoisotopic (exact) mass is 286 g/mol. The predicted molar refractivity (Wildman–Crippen MR) is 77.4 cm³/mol. The van der Waals surface area contributed by atoms with Crippen molar-refractivity contribution in [3.63, 3.8) is 0 Å². The number of halogens is 1. The highest BCUT2D eigenvalue weighted by atomic mass is 35.5. The number of carbonyl (C=O) groups is 1. The summed E-state index contributed by atoms with van der Waals surface area (Å²) >= 11 is 0. The molecular weight excluding hydrogens is 264 g/mol. The van der Waals surface area contributed by atoms with Crippen LogP contribution < -0.4 is 10.6 Å². The molecule has 1 aromatic rings. The van der Waals surface area contributed by atoms with Gasteiger partial charge < -0.3 is 10.6 Å². The molecule has 0 spiro atoms. The Morgan fingerprint density at radius 2 is 2.42 bits per heavy atom. The summed E-state index contributed by atoms with van der Waals surface area (Å²) in [6.45, 7) is 7.21. The van der Waals surface area contributed by atoms with E-state index < -0.39 is 0 Å². The average Bonchev–Trinajstić information content (AvgIpc) is 2.76. The number of nitrogens with zero attached hydrogens (tertiary/aromatic N) is 2. The Morgan fingerprint density at radius 3 is 3.00 bits per heavy atom. The van der Waals surface area contributed by atoms with Crippen LogP contribution in [0.1, 0.15) is 25.3 Å². The number of piperidine rings is 1. The minimum atomic E-state index is -0.252. The van der Waals surface area contributed by atoms with Crippen molar-refractivity contribution in [2.45, 2.75) is 33.2 Å². The van der Waals surface area contributed by atoms with Crippen LogP contribution in [-0.2, 0) is 11.3 Å². The largest absolute Gasteiger partial charge is 0.354 e. The number of carbonyl (C=O) groups excluding carboxylic acids is 1. The van der Waals surface area contributed by atoms with Gasteiger partial charge in [-0.05, 0) is 38.8 Å². The molecule has 2 heterocycles. The first-order chi connectivity index (χ1) is 8.60. The molecule has 1 aliphatic heterocycles. The van der Waals surface area contributed by atoms with Crippen molar-refractivity contribution < 1.29 is 4.79 Å². The fraction of sp³-hybridized carbons (Fsp3) is 0.692. The second-order valence-corrected chi connectivity index (χ2v) is 5.38. The van der Waals surface area contributed by atoms with Gasteiger partial charge in [0.2, 0.25) is 5.91 Å². The molecule has 6 heteroatoms. The lowest BCUT2D eigenvalue weighted by atomic mass is 9.82. The van der Waals surface area contributed by atoms with Crippen LogP contribution in [0.3, 0.4) is 0 Å². The van der Waals surface area contributed by atoms with Gasteiger partial charge in [0, 0.05) is 19.3 Å². The molecule has 1 aromatic heterocycles. The second-order valence-electron chi connectivity index (χ2n) is 5.38. The van der Waals surface area contributed by atoms with E-state index in [9.17, 15) is 4.79 Å². The van der Waals surface area contributed by atoms with Gasteiger partial charge in [0.1, 0.15) is 0 Å². The average molecular weight is 287 g/mol. The zero-order valence-corrected chi connectivity index (χ0v) is 12.4. The minimum Gasteiger partial charge on any atom is -0.354 e. The Hall–Kier alpha value is -1.07. The van der Waals surface area contributed by atoms with E-state index in [0.29, 0.717) is 6.54 Å². The number of rotatable bonds is 4. The van der Waals surface area contributed by atoms with Gasteiger partial charge in [-0.15, -0.1) is 12.4 Å². The van der Waals surface area contributed by atoms with Gasteiger partial charge in [-0.1, -0.05) is 0 Å². The van der Waals surface area contributed by atoms with Gasteiger partial charge in [0.05, 0.1) is 18.2 Å². The molecule has 1 saturated heterocycles. The number of aromatic nitrogens is 2. The van der Waals surface area contributed by atoms with E-state index >= 15 is 0 Å². The Morgan fingerprint density at radius 1 is 1.63 bits per heavy atom. The summed E-state index contributed by atoms with van der Waals surface area (Å²) in [5, 5.41) is 10.5. The molecule has 0 saturated carbocycles. The van der Waals surface area contributed by atoms with Crippen molar-refractivity contribution in [2.24, 2.45) is 5.41 Å². The first-order valence-corrected chi connectivity index (χ1v) is 6.58. The summed E-state index contributed by atoms with van der Waals surface area (Å²) in [6.07, 6.45) is 5.85. The van der Waals surface area contributed by atoms with Gasteiger partial charge in [-0.3, -0.25) is 9.48 Å². The molecular formula is C13H23ClN4O. The lowest BCUT2D eigenvalue weighted by Gasteiger charge is -2.32. The third-order valence-corrected chi connectivity index (χ3v) is 3.53. The Labute approximate surface area is 120 Å².